The van der Waals surface area contributed by atoms with Gasteiger partial charge in [0.15, 0.2) is 0 Å². The largest absolute Gasteiger partial charge is 0.435 e. The summed E-state index contributed by atoms with van der Waals surface area (Å²) in [5.41, 5.74) is 1.38. The fourth-order valence-corrected chi connectivity index (χ4v) is 2.28. The lowest BCUT2D eigenvalue weighted by Crippen LogP contribution is -2.22. The number of anilines is 2. The number of hydrogen-bond acceptors (Lipinski definition) is 3. The molecule has 0 unspecified atom stereocenters. The van der Waals surface area contributed by atoms with Crippen LogP contribution in [0.3, 0.4) is 0 Å². The van der Waals surface area contributed by atoms with Crippen molar-refractivity contribution in [3.63, 3.8) is 0 Å². The maximum atomic E-state index is 12.0. The molecule has 1 amide bonds. The van der Waals surface area contributed by atoms with Crippen LogP contribution in [-0.4, -0.2) is 19.1 Å². The van der Waals surface area contributed by atoms with Crippen molar-refractivity contribution >= 4 is 39.9 Å². The van der Waals surface area contributed by atoms with Crippen LogP contribution in [0, 0.1) is 3.57 Å². The highest BCUT2D eigenvalue weighted by atomic mass is 127. The molecular weight excluding hydrogens is 405 g/mol. The van der Waals surface area contributed by atoms with Gasteiger partial charge in [0.25, 0.3) is 0 Å². The number of carbonyl (C=O) groups is 1. The first-order chi connectivity index (χ1) is 10.5. The summed E-state index contributed by atoms with van der Waals surface area (Å²) in [4.78, 5) is 11.8. The van der Waals surface area contributed by atoms with Gasteiger partial charge in [0, 0.05) is 14.9 Å². The number of alkyl halides is 2. The second kappa shape index (κ2) is 7.92. The Bertz CT molecular complexity index is 636. The van der Waals surface area contributed by atoms with E-state index in [1.165, 1.54) is 24.3 Å². The van der Waals surface area contributed by atoms with E-state index in [9.17, 15) is 13.6 Å². The van der Waals surface area contributed by atoms with Crippen LogP contribution in [0.1, 0.15) is 0 Å². The van der Waals surface area contributed by atoms with Gasteiger partial charge in [-0.25, -0.2) is 0 Å². The minimum Gasteiger partial charge on any atom is -0.435 e. The molecule has 0 aromatic heterocycles. The third kappa shape index (κ3) is 5.14. The minimum absolute atomic E-state index is 0.0463. The number of ether oxygens (including phenoxy) is 1. The number of nitrogens with one attached hydrogen (secondary N) is 2. The molecule has 2 N–H and O–H groups in total. The van der Waals surface area contributed by atoms with Crippen LogP contribution in [0.2, 0.25) is 0 Å². The second-order valence-corrected chi connectivity index (χ2v) is 5.45. The van der Waals surface area contributed by atoms with E-state index in [4.69, 9.17) is 0 Å². The summed E-state index contributed by atoms with van der Waals surface area (Å²) in [5, 5.41) is 5.69. The number of para-hydroxylation sites is 1. The van der Waals surface area contributed by atoms with Crippen molar-refractivity contribution in [3.05, 3.63) is 52.1 Å². The quantitative estimate of drug-likeness (QED) is 0.699. The first kappa shape index (κ1) is 16.5. The first-order valence-electron chi connectivity index (χ1n) is 6.38. The standard InChI is InChI=1S/C15H13F2IN2O2/c16-15(17)22-11-7-5-10(6-8-11)20-14(21)9-19-13-4-2-1-3-12(13)18/h1-8,15,19H,9H2,(H,20,21). The predicted octanol–water partition coefficient (Wildman–Crippen LogP) is 3.94. The van der Waals surface area contributed by atoms with Crippen LogP contribution < -0.4 is 15.4 Å². The fourth-order valence-electron chi connectivity index (χ4n) is 1.70. The molecule has 0 aliphatic heterocycles. The SMILES string of the molecule is O=C(CNc1ccccc1I)Nc1ccc(OC(F)F)cc1. The molecule has 0 atom stereocenters. The van der Waals surface area contributed by atoms with Crippen molar-refractivity contribution in [2.45, 2.75) is 6.61 Å². The van der Waals surface area contributed by atoms with Gasteiger partial charge in [0.1, 0.15) is 5.75 Å². The van der Waals surface area contributed by atoms with E-state index in [1.807, 2.05) is 24.3 Å². The Kier molecular flexibility index (Phi) is 5.93. The van der Waals surface area contributed by atoms with Crippen LogP contribution in [0.4, 0.5) is 20.2 Å². The topological polar surface area (TPSA) is 50.4 Å². The van der Waals surface area contributed by atoms with Gasteiger partial charge in [-0.3, -0.25) is 4.79 Å². The molecule has 2 rings (SSSR count). The van der Waals surface area contributed by atoms with Gasteiger partial charge in [-0.1, -0.05) is 12.1 Å². The highest BCUT2D eigenvalue weighted by Crippen LogP contribution is 2.18. The van der Waals surface area contributed by atoms with E-state index in [1.54, 1.807) is 0 Å². The fraction of sp³-hybridized carbons (Fsp3) is 0.133. The maximum absolute atomic E-state index is 12.0. The Hall–Kier alpha value is -1.90. The lowest BCUT2D eigenvalue weighted by atomic mass is 10.3. The van der Waals surface area contributed by atoms with Gasteiger partial charge < -0.3 is 15.4 Å². The van der Waals surface area contributed by atoms with Crippen LogP contribution in [0.5, 0.6) is 5.75 Å². The zero-order valence-corrected chi connectivity index (χ0v) is 13.5. The van der Waals surface area contributed by atoms with Gasteiger partial charge in [0.2, 0.25) is 5.91 Å². The molecule has 0 fully saturated rings. The van der Waals surface area contributed by atoms with Gasteiger partial charge in [-0.15, -0.1) is 0 Å². The number of hydrogen-bond donors (Lipinski definition) is 2. The van der Waals surface area contributed by atoms with Crippen LogP contribution in [-0.2, 0) is 4.79 Å². The third-order valence-electron chi connectivity index (χ3n) is 2.68. The van der Waals surface area contributed by atoms with E-state index >= 15 is 0 Å². The molecule has 4 nitrogen and oxygen atoms in total. The van der Waals surface area contributed by atoms with Crippen LogP contribution in [0.25, 0.3) is 0 Å². The number of amides is 1. The summed E-state index contributed by atoms with van der Waals surface area (Å²) in [6.45, 7) is -2.76. The molecule has 0 aliphatic carbocycles. The Morgan fingerprint density at radius 2 is 1.82 bits per heavy atom. The number of rotatable bonds is 6. The molecule has 0 bridgehead atoms. The number of benzene rings is 2. The maximum Gasteiger partial charge on any atom is 0.387 e. The average molecular weight is 418 g/mol. The molecule has 0 saturated carbocycles. The molecular formula is C15H13F2IN2O2. The molecule has 7 heteroatoms. The Morgan fingerprint density at radius 1 is 1.14 bits per heavy atom. The highest BCUT2D eigenvalue weighted by molar-refractivity contribution is 14.1. The Labute approximate surface area is 140 Å². The molecule has 22 heavy (non-hydrogen) atoms. The molecule has 2 aromatic rings. The predicted molar refractivity (Wildman–Crippen MR) is 89.4 cm³/mol. The lowest BCUT2D eigenvalue weighted by Gasteiger charge is -2.10. The summed E-state index contributed by atoms with van der Waals surface area (Å²) in [7, 11) is 0. The van der Waals surface area contributed by atoms with Gasteiger partial charge in [-0.05, 0) is 59.0 Å². The van der Waals surface area contributed by atoms with Gasteiger partial charge in [0.05, 0.1) is 6.54 Å². The van der Waals surface area contributed by atoms with E-state index in [0.717, 1.165) is 9.26 Å². The molecule has 0 heterocycles. The Balaban J connectivity index is 1.85. The zero-order chi connectivity index (χ0) is 15.9. The van der Waals surface area contributed by atoms with Crippen molar-refractivity contribution in [2.75, 3.05) is 17.2 Å². The van der Waals surface area contributed by atoms with Crippen LogP contribution in [0.15, 0.2) is 48.5 Å². The molecule has 2 aromatic carbocycles. The molecule has 0 radical (unpaired) electrons. The lowest BCUT2D eigenvalue weighted by molar-refractivity contribution is -0.114. The summed E-state index contributed by atoms with van der Waals surface area (Å²) in [5.74, 6) is -0.188. The molecule has 0 aliphatic rings. The summed E-state index contributed by atoms with van der Waals surface area (Å²) in [6, 6.07) is 13.3. The highest BCUT2D eigenvalue weighted by Gasteiger charge is 2.06. The van der Waals surface area contributed by atoms with E-state index in [-0.39, 0.29) is 18.2 Å². The van der Waals surface area contributed by atoms with Crippen molar-refractivity contribution < 1.29 is 18.3 Å². The van der Waals surface area contributed by atoms with E-state index in [2.05, 4.69) is 38.0 Å². The number of carbonyl (C=O) groups excluding carboxylic acids is 1. The monoisotopic (exact) mass is 418 g/mol. The summed E-state index contributed by atoms with van der Waals surface area (Å²) in [6.07, 6.45) is 0. The van der Waals surface area contributed by atoms with E-state index < -0.39 is 6.61 Å². The smallest absolute Gasteiger partial charge is 0.387 e. The minimum atomic E-state index is -2.86. The zero-order valence-electron chi connectivity index (χ0n) is 11.4. The Morgan fingerprint density at radius 3 is 2.45 bits per heavy atom. The summed E-state index contributed by atoms with van der Waals surface area (Å²) < 4.78 is 29.3. The van der Waals surface area contributed by atoms with Crippen molar-refractivity contribution in [3.8, 4) is 5.75 Å². The van der Waals surface area contributed by atoms with Crippen molar-refractivity contribution in [1.29, 1.82) is 0 Å². The van der Waals surface area contributed by atoms with Crippen LogP contribution >= 0.6 is 22.6 Å². The number of halogens is 3. The molecule has 0 spiro atoms. The van der Waals surface area contributed by atoms with Crippen molar-refractivity contribution in [1.82, 2.24) is 0 Å². The molecule has 0 saturated heterocycles. The normalized spacial score (nSPS) is 10.4. The third-order valence-corrected chi connectivity index (χ3v) is 3.62. The van der Waals surface area contributed by atoms with Gasteiger partial charge in [-0.2, -0.15) is 8.78 Å². The van der Waals surface area contributed by atoms with Gasteiger partial charge >= 0.3 is 6.61 Å². The average Bonchev–Trinajstić information content (AvgIpc) is 2.48. The molecule has 116 valence electrons. The second-order valence-electron chi connectivity index (χ2n) is 4.28. The van der Waals surface area contributed by atoms with Crippen molar-refractivity contribution in [2.24, 2.45) is 0 Å². The first-order valence-corrected chi connectivity index (χ1v) is 7.45. The summed E-state index contributed by atoms with van der Waals surface area (Å²) >= 11 is 2.17. The van der Waals surface area contributed by atoms with E-state index in [0.29, 0.717) is 5.69 Å².